The molecule has 0 radical (unpaired) electrons. The largest absolute Gasteiger partial charge is 0.352 e. The Bertz CT molecular complexity index is 441. The van der Waals surface area contributed by atoms with Gasteiger partial charge in [0, 0.05) is 12.1 Å². The normalized spacial score (nSPS) is 16.2. The van der Waals surface area contributed by atoms with Crippen LogP contribution in [0.2, 0.25) is 0 Å². The number of benzene rings is 1. The fourth-order valence-electron chi connectivity index (χ4n) is 2.15. The van der Waals surface area contributed by atoms with E-state index in [1.807, 2.05) is 19.1 Å². The smallest absolute Gasteiger partial charge is 0.251 e. The first kappa shape index (κ1) is 12.9. The zero-order valence-corrected chi connectivity index (χ0v) is 11.0. The molecule has 0 spiro atoms. The topological polar surface area (TPSA) is 67.2 Å². The van der Waals surface area contributed by atoms with E-state index in [0.29, 0.717) is 11.5 Å². The molecule has 1 aromatic rings. The van der Waals surface area contributed by atoms with Gasteiger partial charge in [0.2, 0.25) is 0 Å². The maximum atomic E-state index is 12.0. The average Bonchev–Trinajstić information content (AvgIpc) is 3.19. The molecule has 4 N–H and O–H groups in total. The van der Waals surface area contributed by atoms with Gasteiger partial charge >= 0.3 is 0 Å². The predicted octanol–water partition coefficient (Wildman–Crippen LogP) is 2.06. The minimum atomic E-state index is -0.00540. The lowest BCUT2D eigenvalue weighted by Gasteiger charge is -2.12. The summed E-state index contributed by atoms with van der Waals surface area (Å²) in [5.74, 6) is 6.76. The molecule has 4 heteroatoms. The highest BCUT2D eigenvalue weighted by atomic mass is 16.1. The molecule has 1 amide bonds. The van der Waals surface area contributed by atoms with Crippen molar-refractivity contribution in [3.8, 4) is 0 Å². The van der Waals surface area contributed by atoms with Crippen LogP contribution < -0.4 is 16.6 Å². The Morgan fingerprint density at radius 3 is 2.78 bits per heavy atom. The summed E-state index contributed by atoms with van der Waals surface area (Å²) in [5, 5.41) is 2.99. The molecule has 0 aromatic heterocycles. The summed E-state index contributed by atoms with van der Waals surface area (Å²) >= 11 is 0. The predicted molar refractivity (Wildman–Crippen MR) is 73.2 cm³/mol. The number of nitrogen functional groups attached to an aromatic ring is 1. The Morgan fingerprint density at radius 1 is 1.50 bits per heavy atom. The molecule has 98 valence electrons. The Balaban J connectivity index is 1.93. The lowest BCUT2D eigenvalue weighted by atomic mass is 10.1. The third kappa shape index (κ3) is 3.01. The summed E-state index contributed by atoms with van der Waals surface area (Å²) < 4.78 is 0. The molecule has 1 saturated carbocycles. The van der Waals surface area contributed by atoms with Crippen LogP contribution in [0.5, 0.6) is 0 Å². The molecule has 2 rings (SSSR count). The van der Waals surface area contributed by atoms with Gasteiger partial charge in [-0.25, -0.2) is 0 Å². The number of aryl methyl sites for hydroxylation is 1. The third-order valence-electron chi connectivity index (χ3n) is 3.66. The molecule has 0 heterocycles. The number of amides is 1. The molecular formula is C14H21N3O. The first-order chi connectivity index (χ1) is 8.61. The van der Waals surface area contributed by atoms with Gasteiger partial charge in [0.1, 0.15) is 0 Å². The highest BCUT2D eigenvalue weighted by Crippen LogP contribution is 2.36. The van der Waals surface area contributed by atoms with Gasteiger partial charge in [-0.05, 0) is 55.4 Å². The van der Waals surface area contributed by atoms with Crippen LogP contribution in [0.1, 0.15) is 35.7 Å². The standard InChI is InChI=1S/C14H21N3O/c1-9-7-12(5-6-13(9)17-15)14(18)16-8-10(2)11-3-4-11/h5-7,10-11,17H,3-4,8,15H2,1-2H3,(H,16,18). The fourth-order valence-corrected chi connectivity index (χ4v) is 2.15. The van der Waals surface area contributed by atoms with Gasteiger partial charge in [0.15, 0.2) is 0 Å². The van der Waals surface area contributed by atoms with Gasteiger partial charge in [-0.3, -0.25) is 10.6 Å². The number of rotatable bonds is 5. The van der Waals surface area contributed by atoms with Crippen molar-refractivity contribution in [3.05, 3.63) is 29.3 Å². The van der Waals surface area contributed by atoms with Gasteiger partial charge in [-0.2, -0.15) is 0 Å². The van der Waals surface area contributed by atoms with Crippen molar-refractivity contribution >= 4 is 11.6 Å². The minimum absolute atomic E-state index is 0.00540. The number of hydrogen-bond acceptors (Lipinski definition) is 3. The van der Waals surface area contributed by atoms with Crippen molar-refractivity contribution in [1.82, 2.24) is 5.32 Å². The Morgan fingerprint density at radius 2 is 2.22 bits per heavy atom. The van der Waals surface area contributed by atoms with Crippen molar-refractivity contribution in [2.24, 2.45) is 17.7 Å². The van der Waals surface area contributed by atoms with E-state index in [1.54, 1.807) is 6.07 Å². The van der Waals surface area contributed by atoms with E-state index in [9.17, 15) is 4.79 Å². The second-order valence-corrected chi connectivity index (χ2v) is 5.20. The molecule has 1 aliphatic rings. The molecule has 1 unspecified atom stereocenters. The Kier molecular flexibility index (Phi) is 3.87. The van der Waals surface area contributed by atoms with Crippen LogP contribution in [0.15, 0.2) is 18.2 Å². The molecule has 1 aromatic carbocycles. The fraction of sp³-hybridized carbons (Fsp3) is 0.500. The molecule has 1 aliphatic carbocycles. The number of carbonyl (C=O) groups is 1. The van der Waals surface area contributed by atoms with E-state index in [0.717, 1.165) is 23.7 Å². The van der Waals surface area contributed by atoms with Crippen molar-refractivity contribution in [1.29, 1.82) is 0 Å². The van der Waals surface area contributed by atoms with Crippen LogP contribution in [-0.2, 0) is 0 Å². The number of carbonyl (C=O) groups excluding carboxylic acids is 1. The zero-order valence-electron chi connectivity index (χ0n) is 11.0. The van der Waals surface area contributed by atoms with Gasteiger partial charge in [-0.1, -0.05) is 6.92 Å². The monoisotopic (exact) mass is 247 g/mol. The highest BCUT2D eigenvalue weighted by Gasteiger charge is 2.27. The van der Waals surface area contributed by atoms with E-state index < -0.39 is 0 Å². The maximum Gasteiger partial charge on any atom is 0.251 e. The zero-order chi connectivity index (χ0) is 13.1. The second-order valence-electron chi connectivity index (χ2n) is 5.20. The van der Waals surface area contributed by atoms with Gasteiger partial charge in [0.25, 0.3) is 5.91 Å². The quantitative estimate of drug-likeness (QED) is 0.551. The molecule has 18 heavy (non-hydrogen) atoms. The molecule has 1 fully saturated rings. The summed E-state index contributed by atoms with van der Waals surface area (Å²) in [6.07, 6.45) is 2.63. The van der Waals surface area contributed by atoms with Crippen molar-refractivity contribution < 1.29 is 4.79 Å². The Hall–Kier alpha value is -1.55. The number of nitrogens with one attached hydrogen (secondary N) is 2. The summed E-state index contributed by atoms with van der Waals surface area (Å²) in [6, 6.07) is 5.47. The second kappa shape index (κ2) is 5.40. The van der Waals surface area contributed by atoms with Crippen molar-refractivity contribution in [2.45, 2.75) is 26.7 Å². The summed E-state index contributed by atoms with van der Waals surface area (Å²) in [5.41, 5.74) is 5.11. The molecular weight excluding hydrogens is 226 g/mol. The van der Waals surface area contributed by atoms with Crippen molar-refractivity contribution in [3.63, 3.8) is 0 Å². The minimum Gasteiger partial charge on any atom is -0.352 e. The molecule has 1 atom stereocenters. The van der Waals surface area contributed by atoms with E-state index in [1.165, 1.54) is 12.8 Å². The highest BCUT2D eigenvalue weighted by molar-refractivity contribution is 5.94. The number of hydrogen-bond donors (Lipinski definition) is 3. The third-order valence-corrected chi connectivity index (χ3v) is 3.66. The number of nitrogens with two attached hydrogens (primary N) is 1. The summed E-state index contributed by atoms with van der Waals surface area (Å²) in [4.78, 5) is 12.0. The summed E-state index contributed by atoms with van der Waals surface area (Å²) in [6.45, 7) is 4.89. The van der Waals surface area contributed by atoms with Crippen LogP contribution in [0.3, 0.4) is 0 Å². The van der Waals surface area contributed by atoms with E-state index in [2.05, 4.69) is 17.7 Å². The molecule has 0 bridgehead atoms. The van der Waals surface area contributed by atoms with Gasteiger partial charge in [0.05, 0.1) is 5.69 Å². The van der Waals surface area contributed by atoms with Gasteiger partial charge < -0.3 is 10.7 Å². The number of anilines is 1. The SMILES string of the molecule is Cc1cc(C(=O)NCC(C)C2CC2)ccc1NN. The molecule has 4 nitrogen and oxygen atoms in total. The molecule has 0 aliphatic heterocycles. The van der Waals surface area contributed by atoms with Crippen LogP contribution >= 0.6 is 0 Å². The van der Waals surface area contributed by atoms with Crippen LogP contribution in [0, 0.1) is 18.8 Å². The first-order valence-corrected chi connectivity index (χ1v) is 6.47. The maximum absolute atomic E-state index is 12.0. The summed E-state index contributed by atoms with van der Waals surface area (Å²) in [7, 11) is 0. The van der Waals surface area contributed by atoms with Crippen LogP contribution in [-0.4, -0.2) is 12.5 Å². The van der Waals surface area contributed by atoms with E-state index in [-0.39, 0.29) is 5.91 Å². The number of hydrazine groups is 1. The van der Waals surface area contributed by atoms with Gasteiger partial charge in [-0.15, -0.1) is 0 Å². The first-order valence-electron chi connectivity index (χ1n) is 6.47. The van der Waals surface area contributed by atoms with E-state index >= 15 is 0 Å². The lowest BCUT2D eigenvalue weighted by molar-refractivity contribution is 0.0946. The Labute approximate surface area is 108 Å². The van der Waals surface area contributed by atoms with E-state index in [4.69, 9.17) is 5.84 Å². The van der Waals surface area contributed by atoms with Crippen molar-refractivity contribution in [2.75, 3.05) is 12.0 Å². The lowest BCUT2D eigenvalue weighted by Crippen LogP contribution is -2.29. The van der Waals surface area contributed by atoms with Crippen LogP contribution in [0.25, 0.3) is 0 Å². The average molecular weight is 247 g/mol. The van der Waals surface area contributed by atoms with Crippen LogP contribution in [0.4, 0.5) is 5.69 Å². The molecule has 0 saturated heterocycles.